The average molecular weight is 221 g/mol. The second-order valence-electron chi connectivity index (χ2n) is 4.37. The van der Waals surface area contributed by atoms with E-state index in [1.807, 2.05) is 37.3 Å². The third kappa shape index (κ3) is 1.98. The van der Waals surface area contributed by atoms with Crippen LogP contribution in [0.5, 0.6) is 0 Å². The highest BCUT2D eigenvalue weighted by Gasteiger charge is 2.41. The van der Waals surface area contributed by atoms with Gasteiger partial charge in [-0.2, -0.15) is 0 Å². The Morgan fingerprint density at radius 2 is 2.12 bits per heavy atom. The van der Waals surface area contributed by atoms with Crippen molar-refractivity contribution >= 4 is 0 Å². The molecule has 2 rings (SSSR count). The summed E-state index contributed by atoms with van der Waals surface area (Å²) in [5.74, 6) is -1.20. The van der Waals surface area contributed by atoms with Gasteiger partial charge in [0.15, 0.2) is 0 Å². The second kappa shape index (κ2) is 4.53. The third-order valence-electron chi connectivity index (χ3n) is 3.26. The van der Waals surface area contributed by atoms with Gasteiger partial charge in [0.2, 0.25) is 5.79 Å². The maximum absolute atomic E-state index is 10.5. The Hall–Kier alpha value is -0.900. The molecule has 0 radical (unpaired) electrons. The molecule has 3 atom stereocenters. The number of hydrogen-bond donors (Lipinski definition) is 2. The van der Waals surface area contributed by atoms with Crippen LogP contribution in [0.1, 0.15) is 25.8 Å². The normalized spacial score (nSPS) is 34.9. The highest BCUT2D eigenvalue weighted by Crippen LogP contribution is 2.30. The molecule has 1 aliphatic heterocycles. The summed E-state index contributed by atoms with van der Waals surface area (Å²) in [4.78, 5) is 0. The fraction of sp³-hybridized carbons (Fsp3) is 0.538. The number of nitrogens with one attached hydrogen (secondary N) is 1. The molecular formula is C13H19NO2. The minimum absolute atomic E-state index is 0.103. The molecule has 0 aliphatic carbocycles. The van der Waals surface area contributed by atoms with Crippen LogP contribution in [-0.2, 0) is 10.5 Å². The molecule has 1 aliphatic rings. The number of benzene rings is 1. The van der Waals surface area contributed by atoms with Gasteiger partial charge < -0.3 is 15.2 Å². The molecule has 88 valence electrons. The molecule has 1 heterocycles. The Labute approximate surface area is 96.4 Å². The molecule has 1 saturated heterocycles. The monoisotopic (exact) mass is 221 g/mol. The van der Waals surface area contributed by atoms with E-state index in [2.05, 4.69) is 12.2 Å². The molecule has 16 heavy (non-hydrogen) atoms. The van der Waals surface area contributed by atoms with E-state index in [9.17, 15) is 5.11 Å². The van der Waals surface area contributed by atoms with Gasteiger partial charge in [-0.1, -0.05) is 37.3 Å². The Balaban J connectivity index is 2.20. The van der Waals surface area contributed by atoms with Gasteiger partial charge in [0.25, 0.3) is 0 Å². The van der Waals surface area contributed by atoms with Crippen molar-refractivity contribution in [3.8, 4) is 0 Å². The van der Waals surface area contributed by atoms with Crippen molar-refractivity contribution in [1.82, 2.24) is 5.32 Å². The summed E-state index contributed by atoms with van der Waals surface area (Å²) in [6, 6.07) is 9.77. The molecule has 0 aromatic heterocycles. The molecule has 0 unspecified atom stereocenters. The Kier molecular flexibility index (Phi) is 3.28. The van der Waals surface area contributed by atoms with E-state index in [1.165, 1.54) is 0 Å². The number of ether oxygens (including phenoxy) is 1. The van der Waals surface area contributed by atoms with Crippen LogP contribution in [0.3, 0.4) is 0 Å². The molecular weight excluding hydrogens is 202 g/mol. The zero-order valence-electron chi connectivity index (χ0n) is 9.81. The minimum Gasteiger partial charge on any atom is -0.361 e. The highest BCUT2D eigenvalue weighted by atomic mass is 16.6. The lowest BCUT2D eigenvalue weighted by atomic mass is 9.96. The summed E-state index contributed by atoms with van der Waals surface area (Å²) in [7, 11) is 0. The largest absolute Gasteiger partial charge is 0.361 e. The maximum Gasteiger partial charge on any atom is 0.208 e. The van der Waals surface area contributed by atoms with Crippen molar-refractivity contribution in [1.29, 1.82) is 0 Å². The maximum atomic E-state index is 10.5. The second-order valence-corrected chi connectivity index (χ2v) is 4.37. The minimum atomic E-state index is -1.20. The predicted molar refractivity (Wildman–Crippen MR) is 63.0 cm³/mol. The molecule has 0 saturated carbocycles. The zero-order chi connectivity index (χ0) is 11.6. The van der Waals surface area contributed by atoms with Crippen LogP contribution >= 0.6 is 0 Å². The van der Waals surface area contributed by atoms with Crippen LogP contribution in [0, 0.1) is 0 Å². The standard InChI is InChI=1S/C13H19NO2/c1-3-12-9-16-13(15,10(2)14-12)11-7-5-4-6-8-11/h4-8,10,12,14-15H,3,9H2,1-2H3/t10-,12+,13+/m0/s1. The van der Waals surface area contributed by atoms with Gasteiger partial charge in [-0.05, 0) is 13.3 Å². The van der Waals surface area contributed by atoms with E-state index in [0.29, 0.717) is 12.6 Å². The van der Waals surface area contributed by atoms with E-state index in [1.54, 1.807) is 0 Å². The summed E-state index contributed by atoms with van der Waals surface area (Å²) < 4.78 is 5.66. The summed E-state index contributed by atoms with van der Waals surface area (Å²) in [6.07, 6.45) is 1.01. The fourth-order valence-corrected chi connectivity index (χ4v) is 2.11. The Bertz CT molecular complexity index is 341. The van der Waals surface area contributed by atoms with Crippen molar-refractivity contribution in [2.24, 2.45) is 0 Å². The van der Waals surface area contributed by atoms with Crippen LogP contribution in [0.15, 0.2) is 30.3 Å². The van der Waals surface area contributed by atoms with Crippen molar-refractivity contribution in [2.45, 2.75) is 38.1 Å². The number of morpholine rings is 1. The van der Waals surface area contributed by atoms with E-state index in [0.717, 1.165) is 12.0 Å². The Morgan fingerprint density at radius 1 is 1.44 bits per heavy atom. The highest BCUT2D eigenvalue weighted by molar-refractivity contribution is 5.22. The first-order valence-electron chi connectivity index (χ1n) is 5.84. The molecule has 0 spiro atoms. The van der Waals surface area contributed by atoms with Crippen molar-refractivity contribution in [2.75, 3.05) is 6.61 Å². The number of rotatable bonds is 2. The molecule has 3 heteroatoms. The lowest BCUT2D eigenvalue weighted by Crippen LogP contribution is -2.58. The zero-order valence-corrected chi connectivity index (χ0v) is 9.81. The van der Waals surface area contributed by atoms with Crippen molar-refractivity contribution in [3.63, 3.8) is 0 Å². The third-order valence-corrected chi connectivity index (χ3v) is 3.26. The van der Waals surface area contributed by atoms with Crippen molar-refractivity contribution in [3.05, 3.63) is 35.9 Å². The van der Waals surface area contributed by atoms with E-state index < -0.39 is 5.79 Å². The smallest absolute Gasteiger partial charge is 0.208 e. The van der Waals surface area contributed by atoms with Crippen LogP contribution in [-0.4, -0.2) is 23.8 Å². The van der Waals surface area contributed by atoms with E-state index in [-0.39, 0.29) is 6.04 Å². The van der Waals surface area contributed by atoms with Gasteiger partial charge >= 0.3 is 0 Å². The van der Waals surface area contributed by atoms with Gasteiger partial charge in [-0.3, -0.25) is 0 Å². The van der Waals surface area contributed by atoms with Gasteiger partial charge in [-0.25, -0.2) is 0 Å². The summed E-state index contributed by atoms with van der Waals surface area (Å²) in [5.41, 5.74) is 0.810. The fourth-order valence-electron chi connectivity index (χ4n) is 2.11. The summed E-state index contributed by atoms with van der Waals surface area (Å²) >= 11 is 0. The average Bonchev–Trinajstić information content (AvgIpc) is 2.34. The van der Waals surface area contributed by atoms with Crippen LogP contribution < -0.4 is 5.32 Å². The summed E-state index contributed by atoms with van der Waals surface area (Å²) in [6.45, 7) is 4.61. The van der Waals surface area contributed by atoms with Gasteiger partial charge in [0.05, 0.1) is 12.6 Å². The molecule has 2 N–H and O–H groups in total. The molecule has 1 aromatic carbocycles. The first kappa shape index (κ1) is 11.6. The molecule has 1 aromatic rings. The van der Waals surface area contributed by atoms with Crippen LogP contribution in [0.25, 0.3) is 0 Å². The Morgan fingerprint density at radius 3 is 2.69 bits per heavy atom. The van der Waals surface area contributed by atoms with Crippen LogP contribution in [0.4, 0.5) is 0 Å². The first-order valence-corrected chi connectivity index (χ1v) is 5.84. The summed E-state index contributed by atoms with van der Waals surface area (Å²) in [5, 5.41) is 13.9. The predicted octanol–water partition coefficient (Wildman–Crippen LogP) is 1.62. The molecule has 1 fully saturated rings. The SMILES string of the molecule is CC[C@@H]1CO[C@@](O)(c2ccccc2)[C@H](C)N1. The van der Waals surface area contributed by atoms with Gasteiger partial charge in [-0.15, -0.1) is 0 Å². The van der Waals surface area contributed by atoms with Crippen LogP contribution in [0.2, 0.25) is 0 Å². The molecule has 3 nitrogen and oxygen atoms in total. The van der Waals surface area contributed by atoms with Gasteiger partial charge in [0.1, 0.15) is 0 Å². The lowest BCUT2D eigenvalue weighted by Gasteiger charge is -2.42. The number of hydrogen-bond acceptors (Lipinski definition) is 3. The van der Waals surface area contributed by atoms with E-state index >= 15 is 0 Å². The lowest BCUT2D eigenvalue weighted by molar-refractivity contribution is -0.254. The van der Waals surface area contributed by atoms with Gasteiger partial charge in [0, 0.05) is 11.6 Å². The van der Waals surface area contributed by atoms with Crippen molar-refractivity contribution < 1.29 is 9.84 Å². The number of aliphatic hydroxyl groups is 1. The molecule has 0 bridgehead atoms. The first-order chi connectivity index (χ1) is 7.66. The topological polar surface area (TPSA) is 41.5 Å². The van der Waals surface area contributed by atoms with E-state index in [4.69, 9.17) is 4.74 Å². The molecule has 0 amide bonds. The quantitative estimate of drug-likeness (QED) is 0.797.